The van der Waals surface area contributed by atoms with Gasteiger partial charge in [0.05, 0.1) is 14.2 Å². The summed E-state index contributed by atoms with van der Waals surface area (Å²) in [6.45, 7) is 4.50. The molecular weight excluding hydrogens is 246 g/mol. The second kappa shape index (κ2) is 6.99. The molecule has 0 radical (unpaired) electrons. The summed E-state index contributed by atoms with van der Waals surface area (Å²) in [4.78, 5) is 11.8. The quantitative estimate of drug-likeness (QED) is 0.761. The first-order valence-corrected chi connectivity index (χ1v) is 6.16. The number of methoxy groups -OCH3 is 2. The van der Waals surface area contributed by atoms with Gasteiger partial charge in [0.1, 0.15) is 23.6 Å². The molecule has 0 fully saturated rings. The monoisotopic (exact) mass is 267 g/mol. The minimum atomic E-state index is -0.868. The number of esters is 1. The minimum Gasteiger partial charge on any atom is -0.497 e. The normalized spacial score (nSPS) is 13.5. The van der Waals surface area contributed by atoms with Crippen LogP contribution in [0.1, 0.15) is 13.8 Å². The third kappa shape index (κ3) is 4.13. The Balaban J connectivity index is 2.72. The largest absolute Gasteiger partial charge is 0.497 e. The molecule has 0 spiro atoms. The van der Waals surface area contributed by atoms with Gasteiger partial charge >= 0.3 is 5.97 Å². The van der Waals surface area contributed by atoms with E-state index >= 15 is 0 Å². The van der Waals surface area contributed by atoms with Crippen molar-refractivity contribution in [3.05, 3.63) is 24.3 Å². The van der Waals surface area contributed by atoms with Crippen LogP contribution in [0.3, 0.4) is 0 Å². The van der Waals surface area contributed by atoms with E-state index in [1.54, 1.807) is 20.1 Å². The number of carbonyl (C=O) groups is 1. The topological polar surface area (TPSA) is 56.8 Å². The van der Waals surface area contributed by atoms with Crippen molar-refractivity contribution in [2.75, 3.05) is 27.4 Å². The van der Waals surface area contributed by atoms with Crippen LogP contribution < -0.4 is 14.8 Å². The molecular formula is C14H21NO4. The van der Waals surface area contributed by atoms with Crippen LogP contribution in [-0.4, -0.2) is 38.9 Å². The van der Waals surface area contributed by atoms with Crippen LogP contribution in [-0.2, 0) is 9.53 Å². The summed E-state index contributed by atoms with van der Waals surface area (Å²) in [5, 5.41) is 3.08. The highest BCUT2D eigenvalue weighted by Gasteiger charge is 2.34. The first-order chi connectivity index (χ1) is 9.05. The molecule has 1 aromatic rings. The molecule has 0 aromatic heterocycles. The van der Waals surface area contributed by atoms with Crippen molar-refractivity contribution in [1.29, 1.82) is 0 Å². The van der Waals surface area contributed by atoms with Crippen LogP contribution in [0.25, 0.3) is 0 Å². The Bertz CT molecular complexity index is 422. The van der Waals surface area contributed by atoms with Gasteiger partial charge in [-0.15, -0.1) is 0 Å². The van der Waals surface area contributed by atoms with Crippen LogP contribution >= 0.6 is 0 Å². The van der Waals surface area contributed by atoms with E-state index in [2.05, 4.69) is 5.32 Å². The molecule has 0 heterocycles. The van der Waals surface area contributed by atoms with Crippen LogP contribution in [0.15, 0.2) is 24.3 Å². The number of benzene rings is 1. The predicted octanol–water partition coefficient (Wildman–Crippen LogP) is 1.62. The summed E-state index contributed by atoms with van der Waals surface area (Å²) >= 11 is 0. The summed E-state index contributed by atoms with van der Waals surface area (Å²) in [5.74, 6) is 1.00. The maximum absolute atomic E-state index is 11.8. The molecule has 1 aromatic carbocycles. The zero-order valence-electron chi connectivity index (χ0n) is 11.9. The summed E-state index contributed by atoms with van der Waals surface area (Å²) in [6, 6.07) is 7.24. The fourth-order valence-corrected chi connectivity index (χ4v) is 1.72. The lowest BCUT2D eigenvalue weighted by atomic mass is 10.0. The van der Waals surface area contributed by atoms with Crippen molar-refractivity contribution < 1.29 is 19.0 Å². The Kier molecular flexibility index (Phi) is 5.63. The van der Waals surface area contributed by atoms with Crippen molar-refractivity contribution in [1.82, 2.24) is 5.32 Å². The van der Waals surface area contributed by atoms with E-state index in [-0.39, 0.29) is 12.6 Å². The Hall–Kier alpha value is -1.75. The van der Waals surface area contributed by atoms with Gasteiger partial charge in [-0.05, 0) is 25.6 Å². The SMILES string of the molecule is CCNC(C)(COc1cccc(OC)c1)C(=O)OC. The zero-order chi connectivity index (χ0) is 14.3. The van der Waals surface area contributed by atoms with E-state index in [1.165, 1.54) is 7.11 Å². The number of hydrogen-bond acceptors (Lipinski definition) is 5. The average molecular weight is 267 g/mol. The van der Waals surface area contributed by atoms with E-state index in [0.29, 0.717) is 18.0 Å². The number of nitrogens with one attached hydrogen (secondary N) is 1. The molecule has 106 valence electrons. The minimum absolute atomic E-state index is 0.181. The molecule has 0 aliphatic carbocycles. The van der Waals surface area contributed by atoms with Crippen molar-refractivity contribution in [2.24, 2.45) is 0 Å². The highest BCUT2D eigenvalue weighted by Crippen LogP contribution is 2.20. The molecule has 1 unspecified atom stereocenters. The third-order valence-corrected chi connectivity index (χ3v) is 2.77. The fourth-order valence-electron chi connectivity index (χ4n) is 1.72. The maximum atomic E-state index is 11.8. The van der Waals surface area contributed by atoms with E-state index in [0.717, 1.165) is 0 Å². The van der Waals surface area contributed by atoms with E-state index in [9.17, 15) is 4.79 Å². The standard InChI is InChI=1S/C14H21NO4/c1-5-15-14(2,13(16)18-4)10-19-12-8-6-7-11(9-12)17-3/h6-9,15H,5,10H2,1-4H3. The molecule has 19 heavy (non-hydrogen) atoms. The molecule has 1 atom stereocenters. The molecule has 1 N–H and O–H groups in total. The number of ether oxygens (including phenoxy) is 3. The average Bonchev–Trinajstić information content (AvgIpc) is 2.44. The highest BCUT2D eigenvalue weighted by atomic mass is 16.5. The van der Waals surface area contributed by atoms with E-state index in [1.807, 2.05) is 25.1 Å². The number of carbonyl (C=O) groups excluding carboxylic acids is 1. The fraction of sp³-hybridized carbons (Fsp3) is 0.500. The van der Waals surface area contributed by atoms with Gasteiger partial charge in [0.15, 0.2) is 0 Å². The van der Waals surface area contributed by atoms with Crippen molar-refractivity contribution in [2.45, 2.75) is 19.4 Å². The predicted molar refractivity (Wildman–Crippen MR) is 72.6 cm³/mol. The molecule has 0 bridgehead atoms. The molecule has 0 aliphatic heterocycles. The Morgan fingerprint density at radius 2 is 2.00 bits per heavy atom. The summed E-state index contributed by atoms with van der Waals surface area (Å²) < 4.78 is 15.6. The van der Waals surface area contributed by atoms with E-state index in [4.69, 9.17) is 14.2 Å². The van der Waals surface area contributed by atoms with Gasteiger partial charge in [-0.25, -0.2) is 4.79 Å². The lowest BCUT2D eigenvalue weighted by molar-refractivity contribution is -0.149. The molecule has 0 saturated heterocycles. The lowest BCUT2D eigenvalue weighted by Crippen LogP contribution is -2.54. The smallest absolute Gasteiger partial charge is 0.329 e. The number of likely N-dealkylation sites (N-methyl/N-ethyl adjacent to an activating group) is 1. The molecule has 0 amide bonds. The first kappa shape index (κ1) is 15.3. The number of hydrogen-bond donors (Lipinski definition) is 1. The molecule has 5 nitrogen and oxygen atoms in total. The lowest BCUT2D eigenvalue weighted by Gasteiger charge is -2.27. The van der Waals surface area contributed by atoms with Gasteiger partial charge in [-0.3, -0.25) is 5.32 Å². The van der Waals surface area contributed by atoms with Crippen molar-refractivity contribution in [3.8, 4) is 11.5 Å². The molecule has 0 saturated carbocycles. The third-order valence-electron chi connectivity index (χ3n) is 2.77. The van der Waals surface area contributed by atoms with Crippen LogP contribution in [0.4, 0.5) is 0 Å². The van der Waals surface area contributed by atoms with Gasteiger partial charge in [0, 0.05) is 6.07 Å². The van der Waals surface area contributed by atoms with Gasteiger partial charge in [-0.1, -0.05) is 13.0 Å². The number of rotatable bonds is 7. The first-order valence-electron chi connectivity index (χ1n) is 6.16. The van der Waals surface area contributed by atoms with Crippen molar-refractivity contribution in [3.63, 3.8) is 0 Å². The van der Waals surface area contributed by atoms with Gasteiger partial charge in [0.2, 0.25) is 0 Å². The second-order valence-electron chi connectivity index (χ2n) is 4.32. The van der Waals surface area contributed by atoms with Crippen LogP contribution in [0.2, 0.25) is 0 Å². The summed E-state index contributed by atoms with van der Waals surface area (Å²) in [7, 11) is 2.96. The Morgan fingerprint density at radius 1 is 1.32 bits per heavy atom. The Morgan fingerprint density at radius 3 is 2.58 bits per heavy atom. The van der Waals surface area contributed by atoms with Crippen LogP contribution in [0.5, 0.6) is 11.5 Å². The summed E-state index contributed by atoms with van der Waals surface area (Å²) in [6.07, 6.45) is 0. The van der Waals surface area contributed by atoms with Gasteiger partial charge in [0.25, 0.3) is 0 Å². The molecule has 5 heteroatoms. The highest BCUT2D eigenvalue weighted by molar-refractivity contribution is 5.80. The van der Waals surface area contributed by atoms with Crippen molar-refractivity contribution >= 4 is 5.97 Å². The van der Waals surface area contributed by atoms with E-state index < -0.39 is 5.54 Å². The van der Waals surface area contributed by atoms with Crippen LogP contribution in [0, 0.1) is 0 Å². The van der Waals surface area contributed by atoms with Gasteiger partial charge in [-0.2, -0.15) is 0 Å². The molecule has 0 aliphatic rings. The summed E-state index contributed by atoms with van der Waals surface area (Å²) in [5.41, 5.74) is -0.868. The second-order valence-corrected chi connectivity index (χ2v) is 4.32. The molecule has 1 rings (SSSR count). The van der Waals surface area contributed by atoms with Gasteiger partial charge < -0.3 is 14.2 Å². The maximum Gasteiger partial charge on any atom is 0.329 e. The Labute approximate surface area is 113 Å². The zero-order valence-corrected chi connectivity index (χ0v) is 11.9.